The molecule has 5 amide bonds. The fourth-order valence-electron chi connectivity index (χ4n) is 8.59. The van der Waals surface area contributed by atoms with Crippen LogP contribution in [0.2, 0.25) is 0 Å². The summed E-state index contributed by atoms with van der Waals surface area (Å²) in [6.45, 7) is 7.69. The van der Waals surface area contributed by atoms with Gasteiger partial charge in [-0.15, -0.1) is 11.8 Å². The highest BCUT2D eigenvalue weighted by Crippen LogP contribution is 2.34. The maximum atomic E-state index is 14.1. The number of benzene rings is 1. The van der Waals surface area contributed by atoms with Gasteiger partial charge in [0.05, 0.1) is 47.9 Å². The van der Waals surface area contributed by atoms with E-state index in [4.69, 9.17) is 0 Å². The molecule has 1 unspecified atom stereocenters. The van der Waals surface area contributed by atoms with Gasteiger partial charge in [-0.05, 0) is 67.0 Å². The van der Waals surface area contributed by atoms with E-state index in [0.29, 0.717) is 29.3 Å². The van der Waals surface area contributed by atoms with E-state index in [2.05, 4.69) is 31.6 Å². The Morgan fingerprint density at radius 1 is 0.931 bits per heavy atom. The molecule has 3 fully saturated rings. The number of aromatic nitrogens is 1. The normalized spacial score (nSPS) is 22.5. The minimum atomic E-state index is -1.50. The van der Waals surface area contributed by atoms with Crippen LogP contribution in [0.5, 0.6) is 0 Å². The van der Waals surface area contributed by atoms with E-state index in [1.54, 1.807) is 30.1 Å². The predicted octanol–water partition coefficient (Wildman–Crippen LogP) is 5.81. The van der Waals surface area contributed by atoms with Gasteiger partial charge in [0, 0.05) is 22.1 Å². The summed E-state index contributed by atoms with van der Waals surface area (Å²) >= 11 is 3.58. The summed E-state index contributed by atoms with van der Waals surface area (Å²) in [5, 5.41) is 39.3. The van der Waals surface area contributed by atoms with E-state index in [9.17, 15) is 29.4 Å². The third kappa shape index (κ3) is 12.8. The molecule has 320 valence electrons. The molecule has 0 spiro atoms. The third-order valence-electron chi connectivity index (χ3n) is 12.2. The molecule has 3 aliphatic rings. The molecule has 5 rings (SSSR count). The average molecular weight is 839 g/mol. The van der Waals surface area contributed by atoms with Crippen LogP contribution in [0, 0.1) is 23.7 Å². The number of aliphatic hydroxyl groups is 2. The van der Waals surface area contributed by atoms with Crippen molar-refractivity contribution >= 4 is 47.3 Å². The van der Waals surface area contributed by atoms with Gasteiger partial charge in [0.15, 0.2) is 0 Å². The van der Waals surface area contributed by atoms with Crippen molar-refractivity contribution in [1.82, 2.24) is 31.6 Å². The largest absolute Gasteiger partial charge is 0.390 e. The molecule has 14 heteroatoms. The minimum absolute atomic E-state index is 0.0564. The Bertz CT molecular complexity index is 1630. The molecule has 0 bridgehead atoms. The van der Waals surface area contributed by atoms with Crippen molar-refractivity contribution in [2.75, 3.05) is 11.5 Å². The number of hydrogen-bond acceptors (Lipinski definition) is 9. The van der Waals surface area contributed by atoms with Crippen LogP contribution in [0.3, 0.4) is 0 Å². The van der Waals surface area contributed by atoms with E-state index in [0.717, 1.165) is 74.2 Å². The quantitative estimate of drug-likeness (QED) is 0.0438. The summed E-state index contributed by atoms with van der Waals surface area (Å²) in [5.41, 5.74) is 1.21. The molecule has 7 N–H and O–H groups in total. The third-order valence-corrected chi connectivity index (χ3v) is 14.9. The Labute approximate surface area is 353 Å². The Morgan fingerprint density at radius 2 is 1.69 bits per heavy atom. The van der Waals surface area contributed by atoms with Gasteiger partial charge >= 0.3 is 6.03 Å². The highest BCUT2D eigenvalue weighted by Gasteiger charge is 2.43. The monoisotopic (exact) mass is 838 g/mol. The van der Waals surface area contributed by atoms with Gasteiger partial charge < -0.3 is 36.8 Å². The highest BCUT2D eigenvalue weighted by atomic mass is 32.2. The number of amides is 5. The molecule has 3 heterocycles. The Kier molecular flexibility index (Phi) is 18.0. The summed E-state index contributed by atoms with van der Waals surface area (Å²) in [5.74, 6) is -0.715. The predicted molar refractivity (Wildman–Crippen MR) is 231 cm³/mol. The standard InChI is InChI=1S/C44H66N6O6S2/c1-5-28(4)37(43(55)46-25-30-18-13-14-22-45-30)49-42(54)36(27(2)3)40(52)39(51)32(24-29-16-8-6-9-17-29)47-41(53)31-19-11-12-20-34(31)57-23-15-7-10-21-35-38-33(26-58-35)48-44(56)50-38/h11-14,18-20,22,27-29,32-33,35-40,51-52H,5-10,15-17,21,23-26H2,1-4H3,(H,46,55)(H,47,53)(H,49,54)(H2,48,50,56)/t28?,32-,33-,35-,36+,37-,38-,39+,40+/m0/s1. The molecular formula is C44H66N6O6S2. The fraction of sp³-hybridized carbons (Fsp3) is 0.659. The second-order valence-electron chi connectivity index (χ2n) is 16.8. The lowest BCUT2D eigenvalue weighted by Gasteiger charge is -2.36. The molecule has 0 radical (unpaired) electrons. The van der Waals surface area contributed by atoms with Crippen LogP contribution in [0.4, 0.5) is 4.79 Å². The van der Waals surface area contributed by atoms with E-state index in [1.165, 1.54) is 0 Å². The van der Waals surface area contributed by atoms with Gasteiger partial charge in [0.25, 0.3) is 5.91 Å². The molecule has 2 aromatic rings. The van der Waals surface area contributed by atoms with Gasteiger partial charge in [-0.25, -0.2) is 4.79 Å². The number of unbranched alkanes of at least 4 members (excludes halogenated alkanes) is 2. The Morgan fingerprint density at radius 3 is 2.41 bits per heavy atom. The summed E-state index contributed by atoms with van der Waals surface area (Å²) in [7, 11) is 0. The number of carbonyl (C=O) groups excluding carboxylic acids is 4. The van der Waals surface area contributed by atoms with E-state index < -0.39 is 36.1 Å². The highest BCUT2D eigenvalue weighted by molar-refractivity contribution is 8.00. The Balaban J connectivity index is 1.21. The van der Waals surface area contributed by atoms with Crippen LogP contribution in [-0.2, 0) is 16.1 Å². The van der Waals surface area contributed by atoms with Crippen molar-refractivity contribution in [3.8, 4) is 0 Å². The van der Waals surface area contributed by atoms with E-state index in [1.807, 2.05) is 69.8 Å². The molecule has 2 aliphatic heterocycles. The lowest BCUT2D eigenvalue weighted by molar-refractivity contribution is -0.140. The fourth-order valence-corrected chi connectivity index (χ4v) is 11.2. The summed E-state index contributed by atoms with van der Waals surface area (Å²) in [6, 6.07) is 11.7. The average Bonchev–Trinajstić information content (AvgIpc) is 3.79. The number of aliphatic hydroxyl groups excluding tert-OH is 2. The Hall–Kier alpha value is -3.33. The first-order valence-corrected chi connectivity index (χ1v) is 23.6. The van der Waals surface area contributed by atoms with Crippen molar-refractivity contribution in [1.29, 1.82) is 0 Å². The topological polar surface area (TPSA) is 182 Å². The van der Waals surface area contributed by atoms with Crippen molar-refractivity contribution < 1.29 is 29.4 Å². The number of pyridine rings is 1. The first-order chi connectivity index (χ1) is 28.0. The molecule has 12 nitrogen and oxygen atoms in total. The maximum absolute atomic E-state index is 14.1. The van der Waals surface area contributed by atoms with Crippen molar-refractivity contribution in [2.45, 2.75) is 151 Å². The first kappa shape index (κ1) is 45.7. The lowest BCUT2D eigenvalue weighted by Crippen LogP contribution is -2.57. The number of nitrogens with one attached hydrogen (secondary N) is 5. The van der Waals surface area contributed by atoms with Gasteiger partial charge in [-0.2, -0.15) is 11.8 Å². The number of carbonyl (C=O) groups is 4. The zero-order valence-electron chi connectivity index (χ0n) is 34.7. The molecule has 1 saturated carbocycles. The van der Waals surface area contributed by atoms with Gasteiger partial charge in [-0.1, -0.05) is 97.3 Å². The van der Waals surface area contributed by atoms with Gasteiger partial charge in [0.2, 0.25) is 11.8 Å². The van der Waals surface area contributed by atoms with Crippen LogP contribution >= 0.6 is 23.5 Å². The molecule has 1 aliphatic carbocycles. The van der Waals surface area contributed by atoms with Crippen LogP contribution in [0.25, 0.3) is 0 Å². The zero-order chi connectivity index (χ0) is 41.6. The van der Waals surface area contributed by atoms with Crippen LogP contribution in [0.15, 0.2) is 53.6 Å². The number of rotatable bonds is 22. The van der Waals surface area contributed by atoms with E-state index in [-0.39, 0.29) is 54.2 Å². The van der Waals surface area contributed by atoms with Crippen LogP contribution in [-0.4, -0.2) is 92.1 Å². The first-order valence-electron chi connectivity index (χ1n) is 21.5. The molecule has 58 heavy (non-hydrogen) atoms. The lowest BCUT2D eigenvalue weighted by atomic mass is 9.79. The minimum Gasteiger partial charge on any atom is -0.390 e. The molecule has 1 aromatic heterocycles. The SMILES string of the molecule is CCC(C)[C@H](NC(=O)[C@H](C(C)C)[C@@H](O)[C@H](O)[C@H](CC1CCCCC1)NC(=O)c1ccccc1SCCCCC[C@@H]1SC[C@@H]2NC(=O)N[C@@H]21)C(=O)NCc1ccccn1. The number of hydrogen-bond donors (Lipinski definition) is 7. The second kappa shape index (κ2) is 22.9. The molecular weight excluding hydrogens is 773 g/mol. The molecule has 1 aromatic carbocycles. The van der Waals surface area contributed by atoms with Gasteiger partial charge in [-0.3, -0.25) is 19.4 Å². The van der Waals surface area contributed by atoms with Crippen molar-refractivity contribution in [3.05, 3.63) is 59.9 Å². The number of fused-ring (bicyclic) bond motifs is 1. The van der Waals surface area contributed by atoms with Crippen LogP contribution < -0.4 is 26.6 Å². The molecule has 9 atom stereocenters. The van der Waals surface area contributed by atoms with Crippen molar-refractivity contribution in [3.63, 3.8) is 0 Å². The second-order valence-corrected chi connectivity index (χ2v) is 19.2. The summed E-state index contributed by atoms with van der Waals surface area (Å²) < 4.78 is 0. The number of urea groups is 1. The number of thioether (sulfide) groups is 2. The number of nitrogens with zero attached hydrogens (tertiary/aromatic N) is 1. The summed E-state index contributed by atoms with van der Waals surface area (Å²) in [6.07, 6.45) is 9.31. The van der Waals surface area contributed by atoms with Crippen LogP contribution in [0.1, 0.15) is 114 Å². The maximum Gasteiger partial charge on any atom is 0.315 e. The molecule has 2 saturated heterocycles. The van der Waals surface area contributed by atoms with Crippen molar-refractivity contribution in [2.24, 2.45) is 23.7 Å². The summed E-state index contributed by atoms with van der Waals surface area (Å²) in [4.78, 5) is 58.4. The zero-order valence-corrected chi connectivity index (χ0v) is 36.3. The van der Waals surface area contributed by atoms with Gasteiger partial charge in [0.1, 0.15) is 12.1 Å². The smallest absolute Gasteiger partial charge is 0.315 e. The van der Waals surface area contributed by atoms with E-state index >= 15 is 0 Å².